The van der Waals surface area contributed by atoms with Gasteiger partial charge >= 0.3 is 0 Å². The van der Waals surface area contributed by atoms with Crippen LogP contribution in [0.15, 0.2) is 42.5 Å². The molecule has 26 heavy (non-hydrogen) atoms. The van der Waals surface area contributed by atoms with Crippen molar-refractivity contribution in [1.82, 2.24) is 14.8 Å². The molecular weight excluding hydrogens is 340 g/mol. The maximum absolute atomic E-state index is 13.6. The van der Waals surface area contributed by atoms with E-state index in [1.54, 1.807) is 6.08 Å². The SMILES string of the molecule is CC(=CCOc1c(F)cccc1F)CC(C(=O)C(C)(C)C)n1cncn1. The molecule has 0 aliphatic carbocycles. The van der Waals surface area contributed by atoms with E-state index in [0.29, 0.717) is 6.42 Å². The Balaban J connectivity index is 2.08. The summed E-state index contributed by atoms with van der Waals surface area (Å²) in [6, 6.07) is 3.05. The van der Waals surface area contributed by atoms with Crippen LogP contribution >= 0.6 is 0 Å². The largest absolute Gasteiger partial charge is 0.483 e. The van der Waals surface area contributed by atoms with Gasteiger partial charge < -0.3 is 4.74 Å². The number of carbonyl (C=O) groups excluding carboxylic acids is 1. The highest BCUT2D eigenvalue weighted by molar-refractivity contribution is 5.87. The van der Waals surface area contributed by atoms with Gasteiger partial charge in [0.15, 0.2) is 23.2 Å². The molecule has 0 radical (unpaired) electrons. The Morgan fingerprint density at radius 1 is 1.31 bits per heavy atom. The van der Waals surface area contributed by atoms with Gasteiger partial charge in [0, 0.05) is 5.41 Å². The van der Waals surface area contributed by atoms with Gasteiger partial charge in [0.2, 0.25) is 0 Å². The minimum atomic E-state index is -0.751. The van der Waals surface area contributed by atoms with E-state index < -0.39 is 28.8 Å². The zero-order chi connectivity index (χ0) is 19.3. The number of allylic oxidation sites excluding steroid dienone is 1. The van der Waals surface area contributed by atoms with Gasteiger partial charge in [0.25, 0.3) is 0 Å². The maximum Gasteiger partial charge on any atom is 0.191 e. The number of hydrogen-bond acceptors (Lipinski definition) is 4. The Kier molecular flexibility index (Phi) is 6.23. The van der Waals surface area contributed by atoms with Gasteiger partial charge in [-0.25, -0.2) is 18.4 Å². The van der Waals surface area contributed by atoms with E-state index in [1.165, 1.54) is 23.4 Å². The smallest absolute Gasteiger partial charge is 0.191 e. The zero-order valence-electron chi connectivity index (χ0n) is 15.4. The highest BCUT2D eigenvalue weighted by Crippen LogP contribution is 2.28. The Morgan fingerprint density at radius 2 is 1.96 bits per heavy atom. The van der Waals surface area contributed by atoms with Crippen LogP contribution in [0.2, 0.25) is 0 Å². The van der Waals surface area contributed by atoms with Gasteiger partial charge in [-0.05, 0) is 31.6 Å². The Labute approximate surface area is 151 Å². The lowest BCUT2D eigenvalue weighted by molar-refractivity contribution is -0.130. The molecule has 0 N–H and O–H groups in total. The summed E-state index contributed by atoms with van der Waals surface area (Å²) < 4.78 is 33.8. The van der Waals surface area contributed by atoms with E-state index in [4.69, 9.17) is 4.74 Å². The zero-order valence-corrected chi connectivity index (χ0v) is 15.4. The van der Waals surface area contributed by atoms with E-state index in [-0.39, 0.29) is 12.4 Å². The van der Waals surface area contributed by atoms with Gasteiger partial charge in [0.05, 0.1) is 0 Å². The monoisotopic (exact) mass is 363 g/mol. The van der Waals surface area contributed by atoms with Crippen LogP contribution in [0.3, 0.4) is 0 Å². The molecule has 2 aromatic rings. The lowest BCUT2D eigenvalue weighted by atomic mass is 9.84. The molecule has 1 aromatic heterocycles. The average molecular weight is 363 g/mol. The summed E-state index contributed by atoms with van der Waals surface area (Å²) in [5, 5.41) is 4.08. The molecule has 140 valence electrons. The van der Waals surface area contributed by atoms with Crippen LogP contribution in [0.1, 0.15) is 40.2 Å². The summed E-state index contributed by atoms with van der Waals surface area (Å²) in [7, 11) is 0. The van der Waals surface area contributed by atoms with Crippen molar-refractivity contribution in [3.8, 4) is 5.75 Å². The van der Waals surface area contributed by atoms with Crippen molar-refractivity contribution in [2.24, 2.45) is 5.41 Å². The molecule has 1 unspecified atom stereocenters. The number of nitrogens with zero attached hydrogens (tertiary/aromatic N) is 3. The minimum Gasteiger partial charge on any atom is -0.483 e. The molecule has 2 rings (SSSR count). The van der Waals surface area contributed by atoms with E-state index >= 15 is 0 Å². The topological polar surface area (TPSA) is 57.0 Å². The molecule has 0 spiro atoms. The van der Waals surface area contributed by atoms with Crippen LogP contribution in [0.4, 0.5) is 8.78 Å². The number of ether oxygens (including phenoxy) is 1. The molecule has 0 bridgehead atoms. The normalized spacial score (nSPS) is 13.5. The Bertz CT molecular complexity index is 760. The summed E-state index contributed by atoms with van der Waals surface area (Å²) in [4.78, 5) is 16.6. The third kappa shape index (κ3) is 4.97. The second kappa shape index (κ2) is 8.21. The van der Waals surface area contributed by atoms with Crippen molar-refractivity contribution in [3.63, 3.8) is 0 Å². The summed E-state index contributed by atoms with van der Waals surface area (Å²) in [5.41, 5.74) is 0.309. The van der Waals surface area contributed by atoms with Crippen LogP contribution < -0.4 is 4.74 Å². The van der Waals surface area contributed by atoms with Crippen molar-refractivity contribution in [2.45, 2.75) is 40.2 Å². The standard InChI is InChI=1S/C19H23F2N3O2/c1-13(8-9-26-17-14(20)6-5-7-15(17)21)10-16(18(25)19(2,3)4)24-12-22-11-23-24/h5-8,11-12,16H,9-10H2,1-4H3. The average Bonchev–Trinajstić information content (AvgIpc) is 3.08. The van der Waals surface area contributed by atoms with Crippen molar-refractivity contribution in [2.75, 3.05) is 6.61 Å². The van der Waals surface area contributed by atoms with Gasteiger partial charge in [-0.15, -0.1) is 0 Å². The molecule has 0 saturated heterocycles. The third-order valence-electron chi connectivity index (χ3n) is 3.89. The molecular formula is C19H23F2N3O2. The maximum atomic E-state index is 13.6. The third-order valence-corrected chi connectivity index (χ3v) is 3.89. The van der Waals surface area contributed by atoms with E-state index in [1.807, 2.05) is 27.7 Å². The summed E-state index contributed by atoms with van der Waals surface area (Å²) in [5.74, 6) is -1.88. The summed E-state index contributed by atoms with van der Waals surface area (Å²) in [6.07, 6.45) is 4.99. The number of ketones is 1. The van der Waals surface area contributed by atoms with Gasteiger partial charge in [-0.3, -0.25) is 4.79 Å². The van der Waals surface area contributed by atoms with Gasteiger partial charge in [0.1, 0.15) is 25.3 Å². The fourth-order valence-electron chi connectivity index (χ4n) is 2.46. The molecule has 1 heterocycles. The first kappa shape index (κ1) is 19.8. The molecule has 0 aliphatic heterocycles. The molecule has 0 amide bonds. The van der Waals surface area contributed by atoms with Crippen molar-refractivity contribution in [1.29, 1.82) is 0 Å². The van der Waals surface area contributed by atoms with Crippen LogP contribution in [-0.4, -0.2) is 27.2 Å². The number of rotatable bonds is 7. The van der Waals surface area contributed by atoms with Crippen molar-refractivity contribution in [3.05, 3.63) is 54.1 Å². The fraction of sp³-hybridized carbons (Fsp3) is 0.421. The number of aromatic nitrogens is 3. The van der Waals surface area contributed by atoms with Crippen LogP contribution in [0.25, 0.3) is 0 Å². The highest BCUT2D eigenvalue weighted by Gasteiger charge is 2.31. The molecule has 7 heteroatoms. The summed E-state index contributed by atoms with van der Waals surface area (Å²) in [6.45, 7) is 7.38. The Morgan fingerprint density at radius 3 is 2.50 bits per heavy atom. The van der Waals surface area contributed by atoms with Crippen LogP contribution in [0.5, 0.6) is 5.75 Å². The highest BCUT2D eigenvalue weighted by atomic mass is 19.1. The predicted molar refractivity (Wildman–Crippen MR) is 93.7 cm³/mol. The lowest BCUT2D eigenvalue weighted by Gasteiger charge is -2.25. The molecule has 0 fully saturated rings. The molecule has 1 aromatic carbocycles. The second-order valence-corrected chi connectivity index (χ2v) is 7.12. The number of hydrogen-bond donors (Lipinski definition) is 0. The second-order valence-electron chi connectivity index (χ2n) is 7.12. The molecule has 5 nitrogen and oxygen atoms in total. The quantitative estimate of drug-likeness (QED) is 0.694. The fourth-order valence-corrected chi connectivity index (χ4v) is 2.46. The van der Waals surface area contributed by atoms with Crippen molar-refractivity contribution < 1.29 is 18.3 Å². The first-order valence-corrected chi connectivity index (χ1v) is 8.31. The first-order valence-electron chi connectivity index (χ1n) is 8.31. The van der Waals surface area contributed by atoms with E-state index in [0.717, 1.165) is 17.7 Å². The molecule has 0 aliphatic rings. The van der Waals surface area contributed by atoms with Gasteiger partial charge in [-0.1, -0.05) is 32.4 Å². The number of Topliss-reactive ketones (excluding diaryl/α,β-unsaturated/α-hetero) is 1. The number of halogens is 2. The van der Waals surface area contributed by atoms with E-state index in [2.05, 4.69) is 10.1 Å². The Hall–Kier alpha value is -2.57. The first-order chi connectivity index (χ1) is 12.2. The van der Waals surface area contributed by atoms with Gasteiger partial charge in [-0.2, -0.15) is 5.10 Å². The predicted octanol–water partition coefficient (Wildman–Crippen LogP) is 4.13. The number of carbonyl (C=O) groups is 1. The minimum absolute atomic E-state index is 0.00251. The lowest BCUT2D eigenvalue weighted by Crippen LogP contribution is -2.31. The number of benzene rings is 1. The number of para-hydroxylation sites is 1. The van der Waals surface area contributed by atoms with E-state index in [9.17, 15) is 13.6 Å². The van der Waals surface area contributed by atoms with Crippen molar-refractivity contribution >= 4 is 5.78 Å². The van der Waals surface area contributed by atoms with Crippen LogP contribution in [-0.2, 0) is 4.79 Å². The van der Waals surface area contributed by atoms with Crippen LogP contribution in [0, 0.1) is 17.0 Å². The summed E-state index contributed by atoms with van der Waals surface area (Å²) >= 11 is 0. The molecule has 1 atom stereocenters. The molecule has 0 saturated carbocycles.